The highest BCUT2D eigenvalue weighted by molar-refractivity contribution is 4.52. The van der Waals surface area contributed by atoms with Gasteiger partial charge in [0, 0.05) is 7.11 Å². The van der Waals surface area contributed by atoms with E-state index in [1.807, 2.05) is 6.92 Å². The van der Waals surface area contributed by atoms with Crippen LogP contribution in [0.15, 0.2) is 0 Å². The first kappa shape index (κ1) is 5.96. The minimum Gasteiger partial charge on any atom is -0.381 e. The zero-order valence-electron chi connectivity index (χ0n) is 4.40. The van der Waals surface area contributed by atoms with Gasteiger partial charge in [0.25, 0.3) is 0 Å². The van der Waals surface area contributed by atoms with Crippen LogP contribution in [0.25, 0.3) is 0 Å². The summed E-state index contributed by atoms with van der Waals surface area (Å²) in [6, 6.07) is 0. The van der Waals surface area contributed by atoms with Crippen molar-refractivity contribution in [2.75, 3.05) is 7.11 Å². The van der Waals surface area contributed by atoms with Crippen molar-refractivity contribution < 1.29 is 4.74 Å². The fraction of sp³-hybridized carbons (Fsp3) is 0.800. The maximum Gasteiger partial charge on any atom is 0.0569 e. The van der Waals surface area contributed by atoms with Crippen LogP contribution in [0.1, 0.15) is 13.3 Å². The molecule has 0 fully saturated rings. The molecule has 1 atom stereocenters. The first-order valence-corrected chi connectivity index (χ1v) is 2.17. The summed E-state index contributed by atoms with van der Waals surface area (Å²) in [7, 11) is 1.67. The fourth-order valence-corrected chi connectivity index (χ4v) is 0.167. The van der Waals surface area contributed by atoms with Gasteiger partial charge in [0.2, 0.25) is 0 Å². The molecular weight excluding hydrogens is 76.1 g/mol. The standard InChI is InChI=1S/C5H11O/c1-4-5(2)6-3/h5H,2,4H2,1,3H3. The third-order valence-electron chi connectivity index (χ3n) is 0.789. The zero-order valence-corrected chi connectivity index (χ0v) is 4.40. The lowest BCUT2D eigenvalue weighted by molar-refractivity contribution is 0.136. The number of rotatable bonds is 2. The Bertz CT molecular complexity index is 23.1. The average Bonchev–Trinajstić information content (AvgIpc) is 1.65. The first-order chi connectivity index (χ1) is 2.81. The van der Waals surface area contributed by atoms with E-state index < -0.39 is 0 Å². The molecule has 0 N–H and O–H groups in total. The predicted octanol–water partition coefficient (Wildman–Crippen LogP) is 1.25. The van der Waals surface area contributed by atoms with Crippen LogP contribution in [-0.2, 0) is 4.74 Å². The molecule has 0 saturated heterocycles. The second-order valence-corrected chi connectivity index (χ2v) is 1.27. The molecule has 0 saturated carbocycles. The molecule has 1 radical (unpaired) electrons. The number of hydrogen-bond acceptors (Lipinski definition) is 1. The summed E-state index contributed by atoms with van der Waals surface area (Å²) < 4.78 is 4.79. The number of methoxy groups -OCH3 is 1. The van der Waals surface area contributed by atoms with Gasteiger partial charge in [0.1, 0.15) is 0 Å². The third kappa shape index (κ3) is 2.21. The van der Waals surface area contributed by atoms with Crippen LogP contribution in [0.4, 0.5) is 0 Å². The van der Waals surface area contributed by atoms with E-state index in [9.17, 15) is 0 Å². The molecule has 6 heavy (non-hydrogen) atoms. The van der Waals surface area contributed by atoms with Gasteiger partial charge in [-0.15, -0.1) is 0 Å². The lowest BCUT2D eigenvalue weighted by Gasteiger charge is -2.01. The van der Waals surface area contributed by atoms with Crippen molar-refractivity contribution in [2.45, 2.75) is 19.4 Å². The highest BCUT2D eigenvalue weighted by Gasteiger charge is 1.88. The molecule has 1 unspecified atom stereocenters. The van der Waals surface area contributed by atoms with E-state index in [0.717, 1.165) is 6.42 Å². The van der Waals surface area contributed by atoms with Gasteiger partial charge >= 0.3 is 0 Å². The van der Waals surface area contributed by atoms with Crippen molar-refractivity contribution in [3.05, 3.63) is 6.92 Å². The molecule has 0 bridgehead atoms. The second-order valence-electron chi connectivity index (χ2n) is 1.27. The Balaban J connectivity index is 2.75. The van der Waals surface area contributed by atoms with E-state index >= 15 is 0 Å². The van der Waals surface area contributed by atoms with Crippen molar-refractivity contribution in [3.8, 4) is 0 Å². The van der Waals surface area contributed by atoms with Gasteiger partial charge < -0.3 is 4.74 Å². The smallest absolute Gasteiger partial charge is 0.0569 e. The molecule has 0 aromatic rings. The summed E-state index contributed by atoms with van der Waals surface area (Å²) in [4.78, 5) is 0. The lowest BCUT2D eigenvalue weighted by atomic mass is 10.3. The Labute approximate surface area is 39.3 Å². The average molecular weight is 87.1 g/mol. The van der Waals surface area contributed by atoms with Crippen molar-refractivity contribution in [2.24, 2.45) is 0 Å². The van der Waals surface area contributed by atoms with Crippen LogP contribution in [0.5, 0.6) is 0 Å². The quantitative estimate of drug-likeness (QED) is 0.492. The largest absolute Gasteiger partial charge is 0.381 e. The molecule has 0 aromatic heterocycles. The first-order valence-electron chi connectivity index (χ1n) is 2.17. The highest BCUT2D eigenvalue weighted by Crippen LogP contribution is 1.89. The number of hydrogen-bond donors (Lipinski definition) is 0. The van der Waals surface area contributed by atoms with Crippen molar-refractivity contribution in [1.82, 2.24) is 0 Å². The summed E-state index contributed by atoms with van der Waals surface area (Å²) >= 11 is 0. The Morgan fingerprint density at radius 3 is 2.33 bits per heavy atom. The third-order valence-corrected chi connectivity index (χ3v) is 0.789. The molecular formula is C5H11O. The van der Waals surface area contributed by atoms with Gasteiger partial charge in [0.05, 0.1) is 6.10 Å². The Morgan fingerprint density at radius 2 is 2.33 bits per heavy atom. The summed E-state index contributed by atoms with van der Waals surface area (Å²) in [5.74, 6) is 0. The van der Waals surface area contributed by atoms with Crippen LogP contribution < -0.4 is 0 Å². The molecule has 1 nitrogen and oxygen atoms in total. The summed E-state index contributed by atoms with van der Waals surface area (Å²) in [6.45, 7) is 5.70. The van der Waals surface area contributed by atoms with E-state index in [4.69, 9.17) is 4.74 Å². The summed E-state index contributed by atoms with van der Waals surface area (Å²) in [5, 5.41) is 0. The van der Waals surface area contributed by atoms with Crippen molar-refractivity contribution in [1.29, 1.82) is 0 Å². The molecule has 0 aliphatic heterocycles. The van der Waals surface area contributed by atoms with E-state index in [2.05, 4.69) is 6.92 Å². The lowest BCUT2D eigenvalue weighted by Crippen LogP contribution is -2.00. The molecule has 37 valence electrons. The number of ether oxygens (including phenoxy) is 1. The zero-order chi connectivity index (χ0) is 4.99. The van der Waals surface area contributed by atoms with Gasteiger partial charge in [-0.3, -0.25) is 0 Å². The Morgan fingerprint density at radius 1 is 1.83 bits per heavy atom. The van der Waals surface area contributed by atoms with E-state index in [1.54, 1.807) is 7.11 Å². The molecule has 0 amide bonds. The molecule has 0 heterocycles. The minimum absolute atomic E-state index is 0.185. The summed E-state index contributed by atoms with van der Waals surface area (Å²) in [6.07, 6.45) is 1.18. The van der Waals surface area contributed by atoms with E-state index in [0.29, 0.717) is 0 Å². The Kier molecular flexibility index (Phi) is 3.14. The molecule has 0 aromatic carbocycles. The Hall–Kier alpha value is -0.0400. The highest BCUT2D eigenvalue weighted by atomic mass is 16.5. The fourth-order valence-electron chi connectivity index (χ4n) is 0.167. The molecule has 0 rings (SSSR count). The van der Waals surface area contributed by atoms with Crippen LogP contribution >= 0.6 is 0 Å². The molecule has 0 aliphatic carbocycles. The van der Waals surface area contributed by atoms with Crippen molar-refractivity contribution >= 4 is 0 Å². The van der Waals surface area contributed by atoms with Crippen LogP contribution in [0.2, 0.25) is 0 Å². The van der Waals surface area contributed by atoms with E-state index in [-0.39, 0.29) is 6.10 Å². The summed E-state index contributed by atoms with van der Waals surface area (Å²) in [5.41, 5.74) is 0. The SMILES string of the molecule is [CH2]C(CC)OC. The van der Waals surface area contributed by atoms with Gasteiger partial charge in [-0.05, 0) is 13.3 Å². The van der Waals surface area contributed by atoms with Crippen LogP contribution in [0.3, 0.4) is 0 Å². The molecule has 1 heteroatoms. The molecule has 0 aliphatic rings. The van der Waals surface area contributed by atoms with Gasteiger partial charge in [0.15, 0.2) is 0 Å². The monoisotopic (exact) mass is 87.1 g/mol. The van der Waals surface area contributed by atoms with Crippen LogP contribution in [0, 0.1) is 6.92 Å². The van der Waals surface area contributed by atoms with Gasteiger partial charge in [-0.2, -0.15) is 0 Å². The van der Waals surface area contributed by atoms with Crippen molar-refractivity contribution in [3.63, 3.8) is 0 Å². The maximum atomic E-state index is 4.79. The second kappa shape index (κ2) is 3.16. The topological polar surface area (TPSA) is 9.23 Å². The van der Waals surface area contributed by atoms with Crippen LogP contribution in [-0.4, -0.2) is 13.2 Å². The minimum atomic E-state index is 0.185. The van der Waals surface area contributed by atoms with Gasteiger partial charge in [-0.25, -0.2) is 0 Å². The predicted molar refractivity (Wildman–Crippen MR) is 26.4 cm³/mol. The normalized spacial score (nSPS) is 14.5. The maximum absolute atomic E-state index is 4.79. The molecule has 0 spiro atoms. The van der Waals surface area contributed by atoms with E-state index in [1.165, 1.54) is 0 Å². The van der Waals surface area contributed by atoms with Gasteiger partial charge in [-0.1, -0.05) is 6.92 Å².